The molecule has 0 radical (unpaired) electrons. The fourth-order valence-corrected chi connectivity index (χ4v) is 3.30. The molecule has 1 aliphatic heterocycles. The molecule has 0 bridgehead atoms. The lowest BCUT2D eigenvalue weighted by molar-refractivity contribution is 0.649. The molecular weight excluding hydrogens is 291 g/mol. The molecule has 2 nitrogen and oxygen atoms in total. The molecular formula is C16H16Cl2N2. The van der Waals surface area contributed by atoms with E-state index in [4.69, 9.17) is 28.9 Å². The van der Waals surface area contributed by atoms with Gasteiger partial charge in [0.2, 0.25) is 0 Å². The number of halogens is 2. The van der Waals surface area contributed by atoms with Gasteiger partial charge < -0.3 is 10.6 Å². The largest absolute Gasteiger partial charge is 0.363 e. The molecule has 2 aromatic carbocycles. The van der Waals surface area contributed by atoms with Crippen LogP contribution < -0.4 is 10.6 Å². The van der Waals surface area contributed by atoms with Gasteiger partial charge in [0, 0.05) is 28.8 Å². The Morgan fingerprint density at radius 1 is 1.15 bits per heavy atom. The highest BCUT2D eigenvalue weighted by Gasteiger charge is 2.27. The predicted octanol–water partition coefficient (Wildman–Crippen LogP) is 4.06. The van der Waals surface area contributed by atoms with Gasteiger partial charge >= 0.3 is 0 Å². The third-order valence-corrected chi connectivity index (χ3v) is 4.42. The van der Waals surface area contributed by atoms with E-state index >= 15 is 0 Å². The molecule has 0 aliphatic carbocycles. The number of para-hydroxylation sites is 1. The number of hydrogen-bond donors (Lipinski definition) is 1. The summed E-state index contributed by atoms with van der Waals surface area (Å²) < 4.78 is 0. The van der Waals surface area contributed by atoms with Crippen LogP contribution in [0.2, 0.25) is 10.0 Å². The van der Waals surface area contributed by atoms with Crippen LogP contribution in [0.5, 0.6) is 0 Å². The quantitative estimate of drug-likeness (QED) is 0.926. The summed E-state index contributed by atoms with van der Waals surface area (Å²) in [6.45, 7) is 1.47. The SMILES string of the molecule is NCC(c1cc(Cl)ccc1Cl)N1CCc2ccccc21. The van der Waals surface area contributed by atoms with Crippen LogP contribution in [-0.2, 0) is 6.42 Å². The van der Waals surface area contributed by atoms with Gasteiger partial charge in [0.15, 0.2) is 0 Å². The van der Waals surface area contributed by atoms with Crippen molar-refractivity contribution in [3.8, 4) is 0 Å². The van der Waals surface area contributed by atoms with Crippen LogP contribution in [0.3, 0.4) is 0 Å². The monoisotopic (exact) mass is 306 g/mol. The summed E-state index contributed by atoms with van der Waals surface area (Å²) in [6, 6.07) is 14.1. The van der Waals surface area contributed by atoms with Crippen LogP contribution in [0.1, 0.15) is 17.2 Å². The van der Waals surface area contributed by atoms with Crippen molar-refractivity contribution in [1.29, 1.82) is 0 Å². The van der Waals surface area contributed by atoms with E-state index in [0.717, 1.165) is 18.5 Å². The first-order chi connectivity index (χ1) is 9.70. The van der Waals surface area contributed by atoms with E-state index in [-0.39, 0.29) is 6.04 Å². The summed E-state index contributed by atoms with van der Waals surface area (Å²) in [7, 11) is 0. The molecule has 3 rings (SSSR count). The molecule has 0 fully saturated rings. The van der Waals surface area contributed by atoms with Gasteiger partial charge in [-0.25, -0.2) is 0 Å². The average molecular weight is 307 g/mol. The van der Waals surface area contributed by atoms with Crippen LogP contribution in [0.4, 0.5) is 5.69 Å². The van der Waals surface area contributed by atoms with E-state index < -0.39 is 0 Å². The van der Waals surface area contributed by atoms with Crippen LogP contribution in [0.25, 0.3) is 0 Å². The average Bonchev–Trinajstić information content (AvgIpc) is 2.88. The minimum absolute atomic E-state index is 0.0600. The van der Waals surface area contributed by atoms with Crippen LogP contribution in [0.15, 0.2) is 42.5 Å². The molecule has 4 heteroatoms. The van der Waals surface area contributed by atoms with Gasteiger partial charge in [-0.1, -0.05) is 41.4 Å². The van der Waals surface area contributed by atoms with Gasteiger partial charge in [-0.2, -0.15) is 0 Å². The summed E-state index contributed by atoms with van der Waals surface area (Å²) in [6.07, 6.45) is 1.05. The van der Waals surface area contributed by atoms with Gasteiger partial charge in [-0.15, -0.1) is 0 Å². The molecule has 0 saturated heterocycles. The van der Waals surface area contributed by atoms with Crippen molar-refractivity contribution in [3.63, 3.8) is 0 Å². The Morgan fingerprint density at radius 3 is 2.75 bits per heavy atom. The van der Waals surface area contributed by atoms with E-state index in [1.165, 1.54) is 11.3 Å². The number of fused-ring (bicyclic) bond motifs is 1. The first-order valence-corrected chi connectivity index (χ1v) is 7.46. The van der Waals surface area contributed by atoms with Gasteiger partial charge in [-0.3, -0.25) is 0 Å². The maximum atomic E-state index is 6.33. The maximum Gasteiger partial charge on any atom is 0.0680 e. The summed E-state index contributed by atoms with van der Waals surface area (Å²) in [5, 5.41) is 1.41. The lowest BCUT2D eigenvalue weighted by Gasteiger charge is -2.30. The van der Waals surface area contributed by atoms with Gasteiger partial charge in [0.1, 0.15) is 0 Å². The Morgan fingerprint density at radius 2 is 1.95 bits per heavy atom. The van der Waals surface area contributed by atoms with Crippen molar-refractivity contribution in [2.75, 3.05) is 18.0 Å². The number of rotatable bonds is 3. The third kappa shape index (κ3) is 2.39. The molecule has 2 aromatic rings. The third-order valence-electron chi connectivity index (χ3n) is 3.84. The summed E-state index contributed by atoms with van der Waals surface area (Å²) in [5.41, 5.74) is 9.63. The van der Waals surface area contributed by atoms with Crippen molar-refractivity contribution in [3.05, 3.63) is 63.6 Å². The van der Waals surface area contributed by atoms with E-state index in [9.17, 15) is 0 Å². The molecule has 1 unspecified atom stereocenters. The smallest absolute Gasteiger partial charge is 0.0680 e. The molecule has 0 saturated carbocycles. The topological polar surface area (TPSA) is 29.3 Å². The zero-order chi connectivity index (χ0) is 14.1. The number of hydrogen-bond acceptors (Lipinski definition) is 2. The van der Waals surface area contributed by atoms with Crippen molar-refractivity contribution in [2.24, 2.45) is 5.73 Å². The molecule has 0 spiro atoms. The van der Waals surface area contributed by atoms with E-state index in [1.807, 2.05) is 12.1 Å². The summed E-state index contributed by atoms with van der Waals surface area (Å²) >= 11 is 12.4. The van der Waals surface area contributed by atoms with Crippen molar-refractivity contribution < 1.29 is 0 Å². The van der Waals surface area contributed by atoms with Crippen molar-refractivity contribution in [1.82, 2.24) is 0 Å². The van der Waals surface area contributed by atoms with Crippen LogP contribution in [-0.4, -0.2) is 13.1 Å². The molecule has 0 aromatic heterocycles. The van der Waals surface area contributed by atoms with E-state index in [2.05, 4.69) is 29.2 Å². The normalized spacial score (nSPS) is 15.2. The van der Waals surface area contributed by atoms with Crippen LogP contribution >= 0.6 is 23.2 Å². The number of nitrogens with two attached hydrogens (primary N) is 1. The highest BCUT2D eigenvalue weighted by atomic mass is 35.5. The Kier molecular flexibility index (Phi) is 3.88. The lowest BCUT2D eigenvalue weighted by atomic mass is 10.0. The van der Waals surface area contributed by atoms with Crippen LogP contribution in [0, 0.1) is 0 Å². The molecule has 0 amide bonds. The molecule has 2 N–H and O–H groups in total. The molecule has 1 atom stereocenters. The van der Waals surface area contributed by atoms with Gasteiger partial charge in [0.25, 0.3) is 0 Å². The maximum absolute atomic E-state index is 6.33. The minimum atomic E-state index is 0.0600. The first-order valence-electron chi connectivity index (χ1n) is 6.70. The number of anilines is 1. The van der Waals surface area contributed by atoms with Gasteiger partial charge in [-0.05, 0) is 41.8 Å². The Hall–Kier alpha value is -1.22. The standard InChI is InChI=1S/C16H16Cl2N2/c17-12-5-6-14(18)13(9-12)16(10-19)20-8-7-11-3-1-2-4-15(11)20/h1-6,9,16H,7-8,10,19H2. The minimum Gasteiger partial charge on any atom is -0.363 e. The molecule has 104 valence electrons. The van der Waals surface area contributed by atoms with E-state index in [0.29, 0.717) is 16.6 Å². The predicted molar refractivity (Wildman–Crippen MR) is 85.7 cm³/mol. The number of nitrogens with zero attached hydrogens (tertiary/aromatic N) is 1. The Bertz CT molecular complexity index is 628. The highest BCUT2D eigenvalue weighted by molar-refractivity contribution is 6.33. The second kappa shape index (κ2) is 5.65. The Labute approximate surface area is 129 Å². The van der Waals surface area contributed by atoms with E-state index in [1.54, 1.807) is 6.07 Å². The van der Waals surface area contributed by atoms with Crippen molar-refractivity contribution in [2.45, 2.75) is 12.5 Å². The summed E-state index contributed by atoms with van der Waals surface area (Å²) in [5.74, 6) is 0. The van der Waals surface area contributed by atoms with Crippen molar-refractivity contribution >= 4 is 28.9 Å². The Balaban J connectivity index is 2.01. The van der Waals surface area contributed by atoms with Gasteiger partial charge in [0.05, 0.1) is 6.04 Å². The summed E-state index contributed by atoms with van der Waals surface area (Å²) in [4.78, 5) is 2.33. The lowest BCUT2D eigenvalue weighted by Crippen LogP contribution is -2.32. The second-order valence-electron chi connectivity index (χ2n) is 4.99. The number of benzene rings is 2. The fourth-order valence-electron chi connectivity index (χ4n) is 2.88. The zero-order valence-corrected chi connectivity index (χ0v) is 12.5. The first kappa shape index (κ1) is 13.7. The fraction of sp³-hybridized carbons (Fsp3) is 0.250. The zero-order valence-electron chi connectivity index (χ0n) is 11.0. The molecule has 20 heavy (non-hydrogen) atoms. The molecule has 1 heterocycles. The highest BCUT2D eigenvalue weighted by Crippen LogP contribution is 2.37. The molecule has 1 aliphatic rings. The second-order valence-corrected chi connectivity index (χ2v) is 5.83.